The van der Waals surface area contributed by atoms with Crippen LogP contribution in [0.25, 0.3) is 5.65 Å². The molecule has 4 rings (SSSR count). The van der Waals surface area contributed by atoms with Crippen LogP contribution in [-0.4, -0.2) is 44.2 Å². The summed E-state index contributed by atoms with van der Waals surface area (Å²) >= 11 is 6.07. The lowest BCUT2D eigenvalue weighted by Gasteiger charge is -2.16. The lowest BCUT2D eigenvalue weighted by Crippen LogP contribution is -2.26. The number of aliphatic hydroxyl groups is 1. The van der Waals surface area contributed by atoms with Gasteiger partial charge in [0.25, 0.3) is 0 Å². The lowest BCUT2D eigenvalue weighted by atomic mass is 10.2. The van der Waals surface area contributed by atoms with Crippen molar-refractivity contribution in [2.45, 2.75) is 31.8 Å². The number of benzene rings is 1. The topological polar surface area (TPSA) is 84.6 Å². The van der Waals surface area contributed by atoms with Crippen molar-refractivity contribution in [1.29, 1.82) is 0 Å². The second-order valence-corrected chi connectivity index (χ2v) is 7.06. The van der Waals surface area contributed by atoms with Gasteiger partial charge in [-0.25, -0.2) is 4.39 Å². The predicted molar refractivity (Wildman–Crippen MR) is 98.9 cm³/mol. The number of nitrogens with one attached hydrogen (secondary N) is 1. The first kappa shape index (κ1) is 17.9. The molecule has 1 atom stereocenters. The van der Waals surface area contributed by atoms with Gasteiger partial charge in [-0.3, -0.25) is 0 Å². The summed E-state index contributed by atoms with van der Waals surface area (Å²) in [6.07, 6.45) is 3.03. The molecule has 27 heavy (non-hydrogen) atoms. The van der Waals surface area contributed by atoms with Crippen LogP contribution in [0, 0.1) is 12.7 Å². The highest BCUT2D eigenvalue weighted by Crippen LogP contribution is 2.39. The Balaban J connectivity index is 1.39. The van der Waals surface area contributed by atoms with E-state index in [0.29, 0.717) is 22.9 Å². The van der Waals surface area contributed by atoms with Crippen LogP contribution in [-0.2, 0) is 0 Å². The normalized spacial score (nSPS) is 15.1. The number of hydrogen-bond donors (Lipinski definition) is 2. The number of hydrogen-bond acceptors (Lipinski definition) is 6. The van der Waals surface area contributed by atoms with Crippen molar-refractivity contribution in [3.63, 3.8) is 0 Å². The standard InChI is InChI=1S/C18H19ClFN5O2/c1-10-13(20)4-5-16(17(10)19)27-8-12(26)7-21-15-6-14(11-2-3-11)24-25-9-22-23-18(15)25/h4-6,9,11-12,21,26H,2-3,7-8H2,1H3/t12-/m1/s1. The number of aromatic nitrogens is 4. The second-order valence-electron chi connectivity index (χ2n) is 6.69. The molecular weight excluding hydrogens is 373 g/mol. The van der Waals surface area contributed by atoms with Crippen LogP contribution < -0.4 is 10.1 Å². The fourth-order valence-electron chi connectivity index (χ4n) is 2.78. The van der Waals surface area contributed by atoms with Gasteiger partial charge in [-0.15, -0.1) is 10.2 Å². The highest BCUT2D eigenvalue weighted by Gasteiger charge is 2.26. The summed E-state index contributed by atoms with van der Waals surface area (Å²) in [7, 11) is 0. The third-order valence-electron chi connectivity index (χ3n) is 4.53. The van der Waals surface area contributed by atoms with Crippen molar-refractivity contribution in [2.75, 3.05) is 18.5 Å². The van der Waals surface area contributed by atoms with E-state index >= 15 is 0 Å². The van der Waals surface area contributed by atoms with E-state index in [-0.39, 0.29) is 18.2 Å². The summed E-state index contributed by atoms with van der Waals surface area (Å²) in [6, 6.07) is 4.70. The molecule has 3 aromatic rings. The quantitative estimate of drug-likeness (QED) is 0.644. The number of ether oxygens (including phenoxy) is 1. The number of halogens is 2. The minimum absolute atomic E-state index is 0.0152. The first-order valence-corrected chi connectivity index (χ1v) is 9.11. The molecule has 0 amide bonds. The molecule has 1 fully saturated rings. The summed E-state index contributed by atoms with van der Waals surface area (Å²) in [4.78, 5) is 0. The van der Waals surface area contributed by atoms with E-state index in [1.807, 2.05) is 6.07 Å². The van der Waals surface area contributed by atoms with Crippen molar-refractivity contribution in [1.82, 2.24) is 19.8 Å². The monoisotopic (exact) mass is 391 g/mol. The molecular formula is C18H19ClFN5O2. The average molecular weight is 392 g/mol. The van der Waals surface area contributed by atoms with Crippen molar-refractivity contribution in [3.05, 3.63) is 46.6 Å². The second kappa shape index (κ2) is 7.28. The Kier molecular flexibility index (Phi) is 4.84. The zero-order chi connectivity index (χ0) is 19.0. The van der Waals surface area contributed by atoms with E-state index in [2.05, 4.69) is 20.6 Å². The Bertz CT molecular complexity index is 976. The van der Waals surface area contributed by atoms with E-state index in [4.69, 9.17) is 16.3 Å². The van der Waals surface area contributed by atoms with Gasteiger partial charge in [0.2, 0.25) is 5.65 Å². The minimum atomic E-state index is -0.799. The van der Waals surface area contributed by atoms with Gasteiger partial charge in [-0.1, -0.05) is 11.6 Å². The van der Waals surface area contributed by atoms with Gasteiger partial charge in [0, 0.05) is 18.0 Å². The fourth-order valence-corrected chi connectivity index (χ4v) is 2.98. The van der Waals surface area contributed by atoms with Gasteiger partial charge in [0.05, 0.1) is 16.4 Å². The minimum Gasteiger partial charge on any atom is -0.489 e. The van der Waals surface area contributed by atoms with Crippen LogP contribution in [0.3, 0.4) is 0 Å². The van der Waals surface area contributed by atoms with Crippen molar-refractivity contribution in [3.8, 4) is 5.75 Å². The Labute approximate surface area is 160 Å². The number of rotatable bonds is 7. The Hall–Kier alpha value is -2.45. The summed E-state index contributed by atoms with van der Waals surface area (Å²) in [6.45, 7) is 1.84. The van der Waals surface area contributed by atoms with Crippen LogP contribution in [0.15, 0.2) is 24.5 Å². The van der Waals surface area contributed by atoms with E-state index in [1.54, 1.807) is 17.8 Å². The average Bonchev–Trinajstić information content (AvgIpc) is 3.41. The molecule has 1 aliphatic carbocycles. The van der Waals surface area contributed by atoms with E-state index < -0.39 is 11.9 Å². The van der Waals surface area contributed by atoms with Gasteiger partial charge in [-0.05, 0) is 38.0 Å². The zero-order valence-electron chi connectivity index (χ0n) is 14.7. The molecule has 2 N–H and O–H groups in total. The predicted octanol–water partition coefficient (Wildman–Crippen LogP) is 2.95. The summed E-state index contributed by atoms with van der Waals surface area (Å²) < 4.78 is 20.6. The number of anilines is 1. The third kappa shape index (κ3) is 3.81. The molecule has 0 aliphatic heterocycles. The van der Waals surface area contributed by atoms with Crippen LogP contribution in [0.2, 0.25) is 5.02 Å². The maximum Gasteiger partial charge on any atom is 0.200 e. The summed E-state index contributed by atoms with van der Waals surface area (Å²) in [5.74, 6) is 0.430. The third-order valence-corrected chi connectivity index (χ3v) is 5.00. The van der Waals surface area contributed by atoms with Crippen LogP contribution in [0.5, 0.6) is 5.75 Å². The number of nitrogens with zero attached hydrogens (tertiary/aromatic N) is 4. The molecule has 7 nitrogen and oxygen atoms in total. The molecule has 1 saturated carbocycles. The maximum atomic E-state index is 13.4. The maximum absolute atomic E-state index is 13.4. The highest BCUT2D eigenvalue weighted by molar-refractivity contribution is 6.32. The molecule has 0 radical (unpaired) electrons. The van der Waals surface area contributed by atoms with E-state index in [0.717, 1.165) is 24.2 Å². The smallest absolute Gasteiger partial charge is 0.200 e. The van der Waals surface area contributed by atoms with Gasteiger partial charge in [-0.2, -0.15) is 9.61 Å². The van der Waals surface area contributed by atoms with Crippen molar-refractivity contribution in [2.24, 2.45) is 0 Å². The number of aliphatic hydroxyl groups excluding tert-OH is 1. The molecule has 1 aliphatic rings. The van der Waals surface area contributed by atoms with Gasteiger partial charge in [0.15, 0.2) is 0 Å². The van der Waals surface area contributed by atoms with Crippen molar-refractivity contribution < 1.29 is 14.2 Å². The zero-order valence-corrected chi connectivity index (χ0v) is 15.4. The van der Waals surface area contributed by atoms with Crippen LogP contribution >= 0.6 is 11.6 Å². The molecule has 0 bridgehead atoms. The number of fused-ring (bicyclic) bond motifs is 1. The molecule has 1 aromatic carbocycles. The van der Waals surface area contributed by atoms with Gasteiger partial charge >= 0.3 is 0 Å². The van der Waals surface area contributed by atoms with E-state index in [9.17, 15) is 9.50 Å². The first-order chi connectivity index (χ1) is 13.0. The van der Waals surface area contributed by atoms with Crippen LogP contribution in [0.4, 0.5) is 10.1 Å². The molecule has 0 unspecified atom stereocenters. The molecule has 142 valence electrons. The molecule has 0 spiro atoms. The van der Waals surface area contributed by atoms with Gasteiger partial charge < -0.3 is 15.2 Å². The largest absolute Gasteiger partial charge is 0.489 e. The molecule has 0 saturated heterocycles. The molecule has 2 aromatic heterocycles. The summed E-state index contributed by atoms with van der Waals surface area (Å²) in [5.41, 5.74) is 2.67. The first-order valence-electron chi connectivity index (χ1n) is 8.73. The van der Waals surface area contributed by atoms with E-state index in [1.165, 1.54) is 12.1 Å². The molecule has 2 heterocycles. The Morgan fingerprint density at radius 1 is 1.44 bits per heavy atom. The Morgan fingerprint density at radius 2 is 2.26 bits per heavy atom. The lowest BCUT2D eigenvalue weighted by molar-refractivity contribution is 0.117. The SMILES string of the molecule is Cc1c(F)ccc(OC[C@H](O)CNc2cc(C3CC3)nn3cnnc23)c1Cl. The fraction of sp³-hybridized carbons (Fsp3) is 0.389. The highest BCUT2D eigenvalue weighted by atomic mass is 35.5. The van der Waals surface area contributed by atoms with Gasteiger partial charge in [0.1, 0.15) is 30.6 Å². The van der Waals surface area contributed by atoms with Crippen LogP contribution in [0.1, 0.15) is 30.0 Å². The Morgan fingerprint density at radius 3 is 3.04 bits per heavy atom. The summed E-state index contributed by atoms with van der Waals surface area (Å²) in [5, 5.41) is 26.1. The molecule has 9 heteroatoms. The van der Waals surface area contributed by atoms with Crippen molar-refractivity contribution >= 4 is 22.9 Å².